The predicted octanol–water partition coefficient (Wildman–Crippen LogP) is 2.79. The lowest BCUT2D eigenvalue weighted by atomic mass is 9.80. The van der Waals surface area contributed by atoms with Gasteiger partial charge in [0.2, 0.25) is 0 Å². The van der Waals surface area contributed by atoms with Crippen molar-refractivity contribution >= 4 is 5.91 Å². The molecular weight excluding hydrogens is 529 g/mol. The SMILES string of the molecule is COc1c(C)c(OC)c2c(c1O)[C@H]([C@H](Cc1ccccc1)NC(=O)C(F)(F)F)N[C@H]([C@@H](C#N)N1CCOCC1)C2. The van der Waals surface area contributed by atoms with Crippen molar-refractivity contribution < 1.29 is 37.3 Å². The molecule has 4 rings (SSSR count). The Bertz CT molecular complexity index is 1250. The molecule has 0 aromatic heterocycles. The zero-order valence-electron chi connectivity index (χ0n) is 22.5. The van der Waals surface area contributed by atoms with Crippen LogP contribution in [0.1, 0.15) is 28.3 Å². The molecule has 0 spiro atoms. The van der Waals surface area contributed by atoms with Gasteiger partial charge < -0.3 is 30.0 Å². The third-order valence-electron chi connectivity index (χ3n) is 7.51. The predicted molar refractivity (Wildman–Crippen MR) is 139 cm³/mol. The van der Waals surface area contributed by atoms with Crippen molar-refractivity contribution in [2.45, 2.75) is 50.1 Å². The first kappa shape index (κ1) is 29.5. The first-order valence-electron chi connectivity index (χ1n) is 13.0. The van der Waals surface area contributed by atoms with Gasteiger partial charge in [0.05, 0.1) is 45.6 Å². The van der Waals surface area contributed by atoms with E-state index < -0.39 is 36.3 Å². The van der Waals surface area contributed by atoms with Crippen molar-refractivity contribution in [3.05, 3.63) is 52.6 Å². The molecule has 0 bridgehead atoms. The number of nitriles is 1. The van der Waals surface area contributed by atoms with Gasteiger partial charge in [-0.15, -0.1) is 0 Å². The van der Waals surface area contributed by atoms with E-state index in [-0.39, 0.29) is 29.9 Å². The number of fused-ring (bicyclic) bond motifs is 1. The van der Waals surface area contributed by atoms with E-state index in [1.807, 2.05) is 4.90 Å². The molecule has 0 unspecified atom stereocenters. The van der Waals surface area contributed by atoms with E-state index >= 15 is 0 Å². The molecule has 1 saturated heterocycles. The number of nitrogens with one attached hydrogen (secondary N) is 2. The van der Waals surface area contributed by atoms with Gasteiger partial charge in [0, 0.05) is 35.8 Å². The molecule has 2 aliphatic rings. The van der Waals surface area contributed by atoms with Crippen molar-refractivity contribution in [2.24, 2.45) is 0 Å². The highest BCUT2D eigenvalue weighted by Crippen LogP contribution is 2.49. The molecule has 12 heteroatoms. The van der Waals surface area contributed by atoms with E-state index in [0.29, 0.717) is 48.7 Å². The Morgan fingerprint density at radius 3 is 2.45 bits per heavy atom. The number of benzene rings is 2. The van der Waals surface area contributed by atoms with Gasteiger partial charge >= 0.3 is 12.1 Å². The Hall–Kier alpha value is -3.53. The quantitative estimate of drug-likeness (QED) is 0.450. The highest BCUT2D eigenvalue weighted by molar-refractivity contribution is 5.82. The number of phenolic OH excluding ortho intramolecular Hbond substituents is 1. The van der Waals surface area contributed by atoms with Crippen molar-refractivity contribution in [3.63, 3.8) is 0 Å². The summed E-state index contributed by atoms with van der Waals surface area (Å²) in [5.74, 6) is -1.84. The number of carbonyl (C=O) groups excluding carboxylic acids is 1. The molecule has 1 fully saturated rings. The van der Waals surface area contributed by atoms with Crippen LogP contribution in [0.2, 0.25) is 0 Å². The lowest BCUT2D eigenvalue weighted by Gasteiger charge is -2.43. The molecule has 2 aliphatic heterocycles. The number of phenols is 1. The van der Waals surface area contributed by atoms with Crippen LogP contribution in [0.3, 0.4) is 0 Å². The summed E-state index contributed by atoms with van der Waals surface area (Å²) < 4.78 is 57.1. The molecule has 4 atom stereocenters. The Morgan fingerprint density at radius 1 is 1.23 bits per heavy atom. The molecule has 0 saturated carbocycles. The van der Waals surface area contributed by atoms with E-state index in [4.69, 9.17) is 14.2 Å². The van der Waals surface area contributed by atoms with Crippen LogP contribution in [-0.2, 0) is 22.4 Å². The fourth-order valence-electron chi connectivity index (χ4n) is 5.72. The first-order chi connectivity index (χ1) is 19.1. The van der Waals surface area contributed by atoms with E-state index in [1.165, 1.54) is 14.2 Å². The lowest BCUT2D eigenvalue weighted by Crippen LogP contribution is -2.59. The van der Waals surface area contributed by atoms with E-state index in [1.54, 1.807) is 37.3 Å². The number of rotatable bonds is 8. The normalized spacial score (nSPS) is 21.0. The van der Waals surface area contributed by atoms with Crippen molar-refractivity contribution in [2.75, 3.05) is 40.5 Å². The largest absolute Gasteiger partial charge is 0.504 e. The minimum atomic E-state index is -5.13. The Labute approximate surface area is 230 Å². The number of aromatic hydroxyl groups is 1. The average Bonchev–Trinajstić information content (AvgIpc) is 2.94. The summed E-state index contributed by atoms with van der Waals surface area (Å²) in [5.41, 5.74) is 1.99. The second-order valence-electron chi connectivity index (χ2n) is 9.88. The number of hydrogen-bond donors (Lipinski definition) is 3. The second-order valence-corrected chi connectivity index (χ2v) is 9.88. The van der Waals surface area contributed by atoms with Crippen molar-refractivity contribution in [1.29, 1.82) is 5.26 Å². The van der Waals surface area contributed by atoms with Gasteiger partial charge in [0.1, 0.15) is 11.8 Å². The third-order valence-corrected chi connectivity index (χ3v) is 7.51. The monoisotopic (exact) mass is 562 g/mol. The molecule has 2 aromatic rings. The topological polar surface area (TPSA) is 116 Å². The average molecular weight is 563 g/mol. The number of amides is 1. The van der Waals surface area contributed by atoms with Gasteiger partial charge in [-0.2, -0.15) is 18.4 Å². The summed E-state index contributed by atoms with van der Waals surface area (Å²) in [7, 11) is 2.83. The van der Waals surface area contributed by atoms with Crippen LogP contribution < -0.4 is 20.1 Å². The molecule has 2 aromatic carbocycles. The Morgan fingerprint density at radius 2 is 1.88 bits per heavy atom. The molecule has 0 radical (unpaired) electrons. The lowest BCUT2D eigenvalue weighted by molar-refractivity contribution is -0.174. The van der Waals surface area contributed by atoms with E-state index in [9.17, 15) is 28.3 Å². The highest BCUT2D eigenvalue weighted by Gasteiger charge is 2.45. The zero-order valence-corrected chi connectivity index (χ0v) is 22.5. The van der Waals surface area contributed by atoms with Gasteiger partial charge in [0.25, 0.3) is 0 Å². The molecule has 40 heavy (non-hydrogen) atoms. The van der Waals surface area contributed by atoms with Gasteiger partial charge in [-0.3, -0.25) is 9.69 Å². The maximum atomic E-state index is 13.5. The Balaban J connectivity index is 1.88. The van der Waals surface area contributed by atoms with Crippen molar-refractivity contribution in [1.82, 2.24) is 15.5 Å². The molecule has 3 N–H and O–H groups in total. The number of alkyl halides is 3. The Kier molecular flexibility index (Phi) is 9.08. The molecule has 216 valence electrons. The summed E-state index contributed by atoms with van der Waals surface area (Å²) in [6, 6.07) is 7.70. The van der Waals surface area contributed by atoms with Crippen LogP contribution in [0.25, 0.3) is 0 Å². The summed E-state index contributed by atoms with van der Waals surface area (Å²) in [6.45, 7) is 3.62. The minimum absolute atomic E-state index is 0.0131. The zero-order chi connectivity index (χ0) is 29.0. The summed E-state index contributed by atoms with van der Waals surface area (Å²) in [6.07, 6.45) is -4.87. The van der Waals surface area contributed by atoms with Crippen LogP contribution in [0.15, 0.2) is 30.3 Å². The first-order valence-corrected chi connectivity index (χ1v) is 13.0. The number of halogens is 3. The number of methoxy groups -OCH3 is 2. The van der Waals surface area contributed by atoms with Crippen LogP contribution in [0.4, 0.5) is 13.2 Å². The summed E-state index contributed by atoms with van der Waals surface area (Å²) >= 11 is 0. The third kappa shape index (κ3) is 5.96. The smallest absolute Gasteiger partial charge is 0.471 e. The van der Waals surface area contributed by atoms with Crippen LogP contribution >= 0.6 is 0 Å². The number of nitrogens with zero attached hydrogens (tertiary/aromatic N) is 2. The van der Waals surface area contributed by atoms with Gasteiger partial charge in [-0.05, 0) is 25.3 Å². The maximum absolute atomic E-state index is 13.5. The van der Waals surface area contributed by atoms with Crippen molar-refractivity contribution in [3.8, 4) is 23.3 Å². The van der Waals surface area contributed by atoms with Gasteiger partial charge in [-0.1, -0.05) is 30.3 Å². The molecule has 9 nitrogen and oxygen atoms in total. The molecule has 2 heterocycles. The highest BCUT2D eigenvalue weighted by atomic mass is 19.4. The number of hydrogen-bond acceptors (Lipinski definition) is 8. The number of morpholine rings is 1. The standard InChI is InChI=1S/C28H33F3N4O5/c1-16-25(38-2)18-14-19(21(15-32)35-9-11-40-12-10-35)33-23(22(18)24(36)26(16)39-3)20(34-27(37)28(29,30)31)13-17-7-5-4-6-8-17/h4-8,19-21,23,33,36H,9-14H2,1-3H3,(H,34,37)/t19-,20-,21+,23-/m0/s1. The van der Waals surface area contributed by atoms with Gasteiger partial charge in [0.15, 0.2) is 11.5 Å². The summed E-state index contributed by atoms with van der Waals surface area (Å²) in [4.78, 5) is 14.2. The fraction of sp³-hybridized carbons (Fsp3) is 0.500. The van der Waals surface area contributed by atoms with Gasteiger partial charge in [-0.25, -0.2) is 0 Å². The van der Waals surface area contributed by atoms with Crippen LogP contribution in [0, 0.1) is 18.3 Å². The second kappa shape index (κ2) is 12.3. The molecular formula is C28H33F3N4O5. The van der Waals surface area contributed by atoms with Crippen LogP contribution in [0.5, 0.6) is 17.2 Å². The van der Waals surface area contributed by atoms with E-state index in [0.717, 1.165) is 0 Å². The maximum Gasteiger partial charge on any atom is 0.471 e. The number of carbonyl (C=O) groups is 1. The molecule has 1 amide bonds. The fourth-order valence-corrected chi connectivity index (χ4v) is 5.72. The molecule has 0 aliphatic carbocycles. The van der Waals surface area contributed by atoms with E-state index in [2.05, 4.69) is 16.7 Å². The summed E-state index contributed by atoms with van der Waals surface area (Å²) in [5, 5.41) is 27.1. The number of ether oxygens (including phenoxy) is 3. The minimum Gasteiger partial charge on any atom is -0.504 e. The van der Waals surface area contributed by atoms with Crippen LogP contribution in [-0.4, -0.2) is 80.7 Å².